The van der Waals surface area contributed by atoms with Gasteiger partial charge in [0, 0.05) is 10.6 Å². The maximum atomic E-state index is 13.1. The van der Waals surface area contributed by atoms with Crippen molar-refractivity contribution in [2.45, 2.75) is 6.61 Å². The number of benzene rings is 3. The first kappa shape index (κ1) is 22.1. The molecule has 7 nitrogen and oxygen atoms in total. The van der Waals surface area contributed by atoms with Crippen LogP contribution in [0.1, 0.15) is 11.1 Å². The van der Waals surface area contributed by atoms with Gasteiger partial charge >= 0.3 is 6.03 Å². The summed E-state index contributed by atoms with van der Waals surface area (Å²) in [6.45, 7) is 0.381. The first-order valence-corrected chi connectivity index (χ1v) is 10.4. The first-order chi connectivity index (χ1) is 16.0. The number of nitrogens with one attached hydrogen (secondary N) is 1. The average Bonchev–Trinajstić information content (AvgIpc) is 2.82. The number of nitrogens with zero attached hydrogens (tertiary/aromatic N) is 1. The van der Waals surface area contributed by atoms with E-state index in [-0.39, 0.29) is 5.57 Å². The fourth-order valence-electron chi connectivity index (χ4n) is 3.30. The zero-order chi connectivity index (χ0) is 23.4. The lowest BCUT2D eigenvalue weighted by Gasteiger charge is -2.26. The molecule has 1 heterocycles. The van der Waals surface area contributed by atoms with Crippen LogP contribution in [-0.4, -0.2) is 25.0 Å². The summed E-state index contributed by atoms with van der Waals surface area (Å²) in [4.78, 5) is 38.9. The minimum atomic E-state index is -0.835. The fourth-order valence-corrected chi connectivity index (χ4v) is 3.48. The van der Waals surface area contributed by atoms with E-state index < -0.39 is 17.8 Å². The van der Waals surface area contributed by atoms with Crippen LogP contribution < -0.4 is 19.7 Å². The van der Waals surface area contributed by atoms with E-state index >= 15 is 0 Å². The zero-order valence-electron chi connectivity index (χ0n) is 17.6. The molecule has 1 aliphatic heterocycles. The van der Waals surface area contributed by atoms with Crippen LogP contribution in [0.4, 0.5) is 10.5 Å². The van der Waals surface area contributed by atoms with Crippen molar-refractivity contribution in [2.75, 3.05) is 12.0 Å². The van der Waals surface area contributed by atoms with Crippen LogP contribution in [0.25, 0.3) is 6.08 Å². The molecular weight excluding hydrogens is 444 g/mol. The Labute approximate surface area is 195 Å². The number of hydrogen-bond acceptors (Lipinski definition) is 5. The molecule has 3 aromatic rings. The largest absolute Gasteiger partial charge is 0.496 e. The van der Waals surface area contributed by atoms with Gasteiger partial charge < -0.3 is 9.47 Å². The van der Waals surface area contributed by atoms with Crippen molar-refractivity contribution < 1.29 is 23.9 Å². The molecule has 4 rings (SSSR count). The molecule has 8 heteroatoms. The van der Waals surface area contributed by atoms with Crippen molar-refractivity contribution in [3.63, 3.8) is 0 Å². The Morgan fingerprint density at radius 3 is 2.39 bits per heavy atom. The molecule has 0 saturated carbocycles. The number of hydrogen-bond donors (Lipinski definition) is 1. The average molecular weight is 463 g/mol. The number of methoxy groups -OCH3 is 1. The number of halogens is 1. The monoisotopic (exact) mass is 462 g/mol. The van der Waals surface area contributed by atoms with Crippen LogP contribution >= 0.6 is 11.6 Å². The molecule has 33 heavy (non-hydrogen) atoms. The maximum absolute atomic E-state index is 13.1. The van der Waals surface area contributed by atoms with Crippen LogP contribution in [0.15, 0.2) is 78.4 Å². The SMILES string of the molecule is COc1ccc(Cl)cc1/C=C1\C(=O)NC(=O)N(c2ccc(OCc3ccccc3)cc2)C1=O. The summed E-state index contributed by atoms with van der Waals surface area (Å²) in [5, 5.41) is 2.60. The molecule has 3 aromatic carbocycles. The lowest BCUT2D eigenvalue weighted by atomic mass is 10.1. The normalized spacial score (nSPS) is 14.9. The van der Waals surface area contributed by atoms with Gasteiger partial charge in [-0.15, -0.1) is 0 Å². The van der Waals surface area contributed by atoms with E-state index in [1.54, 1.807) is 42.5 Å². The van der Waals surface area contributed by atoms with Gasteiger partial charge in [-0.25, -0.2) is 9.69 Å². The number of carbonyl (C=O) groups excluding carboxylic acids is 3. The number of rotatable bonds is 6. The molecule has 166 valence electrons. The summed E-state index contributed by atoms with van der Waals surface area (Å²) in [6.07, 6.45) is 1.35. The van der Waals surface area contributed by atoms with Gasteiger partial charge in [0.05, 0.1) is 12.8 Å². The summed E-state index contributed by atoms with van der Waals surface area (Å²) in [5.41, 5.74) is 1.51. The molecule has 0 unspecified atom stereocenters. The van der Waals surface area contributed by atoms with Gasteiger partial charge in [-0.2, -0.15) is 0 Å². The Morgan fingerprint density at radius 2 is 1.70 bits per heavy atom. The number of urea groups is 1. The molecule has 1 saturated heterocycles. The van der Waals surface area contributed by atoms with Crippen LogP contribution in [-0.2, 0) is 16.2 Å². The summed E-state index contributed by atoms with van der Waals surface area (Å²) in [6, 6.07) is 20.1. The second-order valence-corrected chi connectivity index (χ2v) is 7.55. The smallest absolute Gasteiger partial charge is 0.335 e. The molecule has 0 spiro atoms. The Morgan fingerprint density at radius 1 is 0.970 bits per heavy atom. The van der Waals surface area contributed by atoms with Crippen LogP contribution in [0.3, 0.4) is 0 Å². The summed E-state index contributed by atoms with van der Waals surface area (Å²) in [5.74, 6) is -0.561. The van der Waals surface area contributed by atoms with E-state index in [4.69, 9.17) is 21.1 Å². The molecule has 0 atom stereocenters. The van der Waals surface area contributed by atoms with Gasteiger partial charge in [0.15, 0.2) is 0 Å². The topological polar surface area (TPSA) is 84.9 Å². The third-order valence-electron chi connectivity index (χ3n) is 4.94. The van der Waals surface area contributed by atoms with Gasteiger partial charge in [-0.1, -0.05) is 41.9 Å². The Balaban J connectivity index is 1.57. The van der Waals surface area contributed by atoms with Crippen LogP contribution in [0.2, 0.25) is 5.02 Å². The zero-order valence-corrected chi connectivity index (χ0v) is 18.3. The van der Waals surface area contributed by atoms with Crippen molar-refractivity contribution in [1.29, 1.82) is 0 Å². The number of anilines is 1. The molecule has 1 fully saturated rings. The molecule has 1 N–H and O–H groups in total. The predicted molar refractivity (Wildman–Crippen MR) is 124 cm³/mol. The van der Waals surface area contributed by atoms with Crippen molar-refractivity contribution >= 4 is 41.2 Å². The van der Waals surface area contributed by atoms with Gasteiger partial charge in [0.25, 0.3) is 11.8 Å². The highest BCUT2D eigenvalue weighted by Crippen LogP contribution is 2.28. The van der Waals surface area contributed by atoms with Crippen molar-refractivity contribution in [1.82, 2.24) is 5.32 Å². The lowest BCUT2D eigenvalue weighted by molar-refractivity contribution is -0.122. The van der Waals surface area contributed by atoms with E-state index in [1.165, 1.54) is 13.2 Å². The number of carbonyl (C=O) groups is 3. The number of ether oxygens (including phenoxy) is 2. The third-order valence-corrected chi connectivity index (χ3v) is 5.17. The fraction of sp³-hybridized carbons (Fsp3) is 0.0800. The molecule has 0 bridgehead atoms. The minimum Gasteiger partial charge on any atom is -0.496 e. The van der Waals surface area contributed by atoms with E-state index in [2.05, 4.69) is 5.32 Å². The first-order valence-electron chi connectivity index (χ1n) is 9.98. The van der Waals surface area contributed by atoms with Gasteiger partial charge in [0.1, 0.15) is 23.7 Å². The van der Waals surface area contributed by atoms with E-state index in [0.717, 1.165) is 10.5 Å². The van der Waals surface area contributed by atoms with E-state index in [0.29, 0.717) is 34.4 Å². The minimum absolute atomic E-state index is 0.223. The van der Waals surface area contributed by atoms with Crippen LogP contribution in [0.5, 0.6) is 11.5 Å². The summed E-state index contributed by atoms with van der Waals surface area (Å²) >= 11 is 6.04. The molecule has 0 aliphatic carbocycles. The van der Waals surface area contributed by atoms with Gasteiger partial charge in [-0.05, 0) is 54.1 Å². The Bertz CT molecular complexity index is 1240. The maximum Gasteiger partial charge on any atom is 0.335 e. The Kier molecular flexibility index (Phi) is 6.42. The molecule has 1 aliphatic rings. The van der Waals surface area contributed by atoms with Crippen LogP contribution in [0, 0.1) is 0 Å². The predicted octanol–water partition coefficient (Wildman–Crippen LogP) is 4.59. The second kappa shape index (κ2) is 9.58. The number of imide groups is 2. The van der Waals surface area contributed by atoms with Gasteiger partial charge in [-0.3, -0.25) is 14.9 Å². The van der Waals surface area contributed by atoms with Crippen molar-refractivity contribution in [3.8, 4) is 11.5 Å². The standard InChI is InChI=1S/C25H19ClN2O5/c1-32-22-12-7-18(26)13-17(22)14-21-23(29)27-25(31)28(24(21)30)19-8-10-20(11-9-19)33-15-16-5-3-2-4-6-16/h2-14H,15H2,1H3,(H,27,29,31)/b21-14+. The van der Waals surface area contributed by atoms with Crippen molar-refractivity contribution in [2.24, 2.45) is 0 Å². The molecule has 0 radical (unpaired) electrons. The third kappa shape index (κ3) is 4.88. The highest BCUT2D eigenvalue weighted by atomic mass is 35.5. The van der Waals surface area contributed by atoms with Crippen molar-refractivity contribution in [3.05, 3.63) is 94.5 Å². The lowest BCUT2D eigenvalue weighted by Crippen LogP contribution is -2.54. The molecule has 4 amide bonds. The summed E-state index contributed by atoms with van der Waals surface area (Å²) < 4.78 is 11.0. The molecule has 0 aromatic heterocycles. The number of amides is 4. The highest BCUT2D eigenvalue weighted by Gasteiger charge is 2.37. The molecular formula is C25H19ClN2O5. The second-order valence-electron chi connectivity index (χ2n) is 7.11. The quantitative estimate of drug-likeness (QED) is 0.427. The summed E-state index contributed by atoms with van der Waals surface area (Å²) in [7, 11) is 1.46. The number of barbiturate groups is 1. The van der Waals surface area contributed by atoms with E-state index in [1.807, 2.05) is 30.3 Å². The Hall–Kier alpha value is -4.10. The van der Waals surface area contributed by atoms with Gasteiger partial charge in [0.2, 0.25) is 0 Å². The van der Waals surface area contributed by atoms with E-state index in [9.17, 15) is 14.4 Å². The highest BCUT2D eigenvalue weighted by molar-refractivity contribution is 6.39.